The van der Waals surface area contributed by atoms with Gasteiger partial charge < -0.3 is 5.11 Å². The van der Waals surface area contributed by atoms with E-state index in [-0.39, 0.29) is 0 Å². The molecule has 2 aromatic carbocycles. The summed E-state index contributed by atoms with van der Waals surface area (Å²) in [5.41, 5.74) is 1.63. The van der Waals surface area contributed by atoms with Crippen LogP contribution in [0, 0.1) is 0 Å². The first kappa shape index (κ1) is 12.3. The molecule has 1 N–H and O–H groups in total. The molecule has 0 bridgehead atoms. The zero-order valence-corrected chi connectivity index (χ0v) is 12.8. The Bertz CT molecular complexity index is 526. The molecule has 0 aromatic heterocycles. The van der Waals surface area contributed by atoms with Crippen molar-refractivity contribution in [2.75, 3.05) is 0 Å². The van der Waals surface area contributed by atoms with Crippen LogP contribution in [0.5, 0.6) is 0 Å². The van der Waals surface area contributed by atoms with Crippen LogP contribution in [0.2, 0.25) is 6.04 Å². The number of rotatable bonds is 3. The maximum atomic E-state index is 9.99. The topological polar surface area (TPSA) is 20.2 Å². The first-order valence-electron chi connectivity index (χ1n) is 6.26. The molecule has 2 heteroatoms. The van der Waals surface area contributed by atoms with E-state index >= 15 is 0 Å². The lowest BCUT2D eigenvalue weighted by Gasteiger charge is -2.18. The van der Waals surface area contributed by atoms with Gasteiger partial charge in [0.05, 0.1) is 5.60 Å². The lowest BCUT2D eigenvalue weighted by molar-refractivity contribution is 0.0787. The average molecular weight is 244 g/mol. The lowest BCUT2D eigenvalue weighted by atomic mass is 9.95. The third kappa shape index (κ3) is 2.76. The summed E-state index contributed by atoms with van der Waals surface area (Å²) < 4.78 is 0. The normalized spacial score (nSPS) is 12.2. The van der Waals surface area contributed by atoms with Crippen molar-refractivity contribution in [1.29, 1.82) is 0 Å². The van der Waals surface area contributed by atoms with Crippen molar-refractivity contribution >= 4 is 21.0 Å². The molecule has 0 fully saturated rings. The Morgan fingerprint density at radius 3 is 2.35 bits per heavy atom. The summed E-state index contributed by atoms with van der Waals surface area (Å²) in [4.78, 5) is 0. The zero-order valence-electron chi connectivity index (χ0n) is 10.8. The van der Waals surface area contributed by atoms with Gasteiger partial charge in [0.1, 0.15) is 0 Å². The van der Waals surface area contributed by atoms with Crippen LogP contribution in [0.4, 0.5) is 0 Å². The second-order valence-corrected chi connectivity index (χ2v) is 6.21. The van der Waals surface area contributed by atoms with Crippen LogP contribution in [-0.4, -0.2) is 15.3 Å². The third-order valence-corrected chi connectivity index (χ3v) is 3.65. The molecule has 0 aliphatic heterocycles. The van der Waals surface area contributed by atoms with Crippen molar-refractivity contribution in [2.24, 2.45) is 0 Å². The van der Waals surface area contributed by atoms with Gasteiger partial charge in [-0.15, -0.1) is 0 Å². The lowest BCUT2D eigenvalue weighted by Crippen LogP contribution is -2.14. The van der Waals surface area contributed by atoms with Crippen LogP contribution in [0.3, 0.4) is 0 Å². The monoisotopic (exact) mass is 244 g/mol. The van der Waals surface area contributed by atoms with Crippen LogP contribution < -0.4 is 0 Å². The summed E-state index contributed by atoms with van der Waals surface area (Å²) in [6.07, 6.45) is 1.19. The molecule has 0 spiro atoms. The molecule has 0 saturated carbocycles. The van der Waals surface area contributed by atoms with Crippen LogP contribution in [0.1, 0.15) is 25.0 Å². The van der Waals surface area contributed by atoms with E-state index in [4.69, 9.17) is 0 Å². The van der Waals surface area contributed by atoms with Crippen LogP contribution in [0.15, 0.2) is 36.4 Å². The fourth-order valence-corrected chi connectivity index (χ4v) is 2.70. The van der Waals surface area contributed by atoms with E-state index in [0.717, 1.165) is 5.56 Å². The number of benzene rings is 2. The molecule has 1 nitrogen and oxygen atoms in total. The van der Waals surface area contributed by atoms with Gasteiger partial charge in [-0.3, -0.25) is 0 Å². The molecule has 0 atom stereocenters. The van der Waals surface area contributed by atoms with E-state index in [2.05, 4.69) is 30.3 Å². The number of fused-ring (bicyclic) bond motifs is 1. The minimum atomic E-state index is -0.762. The SMILES string of the molecule is CC(C)(O)c1ccc2cc(CC[SiH3])ccc2c1. The average Bonchev–Trinajstić information content (AvgIpc) is 2.27. The Kier molecular flexibility index (Phi) is 3.36. The molecule has 0 aliphatic carbocycles. The molecule has 2 aromatic rings. The molecule has 0 radical (unpaired) electrons. The van der Waals surface area contributed by atoms with Crippen molar-refractivity contribution in [2.45, 2.75) is 31.9 Å². The highest BCUT2D eigenvalue weighted by molar-refractivity contribution is 6.08. The Labute approximate surface area is 106 Å². The number of aliphatic hydroxyl groups is 1. The van der Waals surface area contributed by atoms with E-state index in [1.807, 2.05) is 19.9 Å². The molecule has 0 amide bonds. The van der Waals surface area contributed by atoms with Crippen LogP contribution in [0.25, 0.3) is 10.8 Å². The minimum Gasteiger partial charge on any atom is -0.386 e. The number of aryl methyl sites for hydroxylation is 1. The summed E-state index contributed by atoms with van der Waals surface area (Å²) >= 11 is 0. The molecule has 0 heterocycles. The highest BCUT2D eigenvalue weighted by atomic mass is 28.1. The highest BCUT2D eigenvalue weighted by Gasteiger charge is 2.15. The Balaban J connectivity index is 2.47. The molecule has 2 rings (SSSR count). The smallest absolute Gasteiger partial charge is 0.0840 e. The van der Waals surface area contributed by atoms with Gasteiger partial charge in [-0.05, 0) is 48.2 Å². The molecule has 0 saturated heterocycles. The highest BCUT2D eigenvalue weighted by Crippen LogP contribution is 2.25. The van der Waals surface area contributed by atoms with Gasteiger partial charge in [-0.2, -0.15) is 0 Å². The quantitative estimate of drug-likeness (QED) is 0.822. The predicted octanol–water partition coefficient (Wildman–Crippen LogP) is 2.39. The first-order chi connectivity index (χ1) is 8.00. The third-order valence-electron chi connectivity index (χ3n) is 3.15. The van der Waals surface area contributed by atoms with E-state index in [0.29, 0.717) is 0 Å². The second kappa shape index (κ2) is 4.63. The molecule has 90 valence electrons. The van der Waals surface area contributed by atoms with E-state index in [1.165, 1.54) is 39.0 Å². The molecule has 0 unspecified atom stereocenters. The van der Waals surface area contributed by atoms with E-state index in [1.54, 1.807) is 0 Å². The number of hydrogen-bond acceptors (Lipinski definition) is 1. The van der Waals surface area contributed by atoms with Crippen molar-refractivity contribution in [1.82, 2.24) is 0 Å². The van der Waals surface area contributed by atoms with Gasteiger partial charge in [0.25, 0.3) is 0 Å². The molecule has 0 aliphatic rings. The summed E-state index contributed by atoms with van der Waals surface area (Å²) in [7, 11) is 1.26. The predicted molar refractivity (Wildman–Crippen MR) is 77.6 cm³/mol. The zero-order chi connectivity index (χ0) is 12.5. The van der Waals surface area contributed by atoms with Crippen molar-refractivity contribution in [3.63, 3.8) is 0 Å². The Morgan fingerprint density at radius 1 is 1.06 bits per heavy atom. The van der Waals surface area contributed by atoms with Gasteiger partial charge in [-0.25, -0.2) is 0 Å². The van der Waals surface area contributed by atoms with Gasteiger partial charge in [-0.1, -0.05) is 36.4 Å². The summed E-state index contributed by atoms with van der Waals surface area (Å²) in [6, 6.07) is 14.2. The fourth-order valence-electron chi connectivity index (χ4n) is 2.12. The maximum absolute atomic E-state index is 9.99. The van der Waals surface area contributed by atoms with Gasteiger partial charge in [0, 0.05) is 10.2 Å². The molecular weight excluding hydrogens is 224 g/mol. The Morgan fingerprint density at radius 2 is 1.71 bits per heavy atom. The Hall–Kier alpha value is -1.12. The molecule has 17 heavy (non-hydrogen) atoms. The fraction of sp³-hybridized carbons (Fsp3) is 0.333. The summed E-state index contributed by atoms with van der Waals surface area (Å²) in [5, 5.41) is 12.5. The number of hydrogen-bond donors (Lipinski definition) is 1. The summed E-state index contributed by atoms with van der Waals surface area (Å²) in [5.74, 6) is 0. The van der Waals surface area contributed by atoms with Gasteiger partial charge >= 0.3 is 0 Å². The second-order valence-electron chi connectivity index (χ2n) is 5.21. The largest absolute Gasteiger partial charge is 0.386 e. The maximum Gasteiger partial charge on any atom is 0.0840 e. The van der Waals surface area contributed by atoms with Crippen LogP contribution >= 0.6 is 0 Å². The summed E-state index contributed by atoms with van der Waals surface area (Å²) in [6.45, 7) is 3.65. The molecular formula is C15H20OSi. The van der Waals surface area contributed by atoms with Crippen LogP contribution in [-0.2, 0) is 12.0 Å². The standard InChI is InChI=1S/C15H20OSi/c1-15(2,16)14-6-5-12-9-11(7-8-17)3-4-13(12)10-14/h3-6,9-10,16H,7-8H2,1-2,17H3. The van der Waals surface area contributed by atoms with Gasteiger partial charge in [0.2, 0.25) is 0 Å². The van der Waals surface area contributed by atoms with Crippen molar-refractivity contribution < 1.29 is 5.11 Å². The minimum absolute atomic E-state index is 0.762. The van der Waals surface area contributed by atoms with Crippen molar-refractivity contribution in [3.05, 3.63) is 47.5 Å². The first-order valence-corrected chi connectivity index (χ1v) is 7.67. The van der Waals surface area contributed by atoms with Gasteiger partial charge in [0.15, 0.2) is 0 Å². The van der Waals surface area contributed by atoms with Crippen molar-refractivity contribution in [3.8, 4) is 0 Å². The van der Waals surface area contributed by atoms with E-state index < -0.39 is 5.60 Å². The van der Waals surface area contributed by atoms with E-state index in [9.17, 15) is 5.11 Å².